The number of nitrogens with zero attached hydrogens (tertiary/aromatic N) is 4. The molecule has 9 heteroatoms. The van der Waals surface area contributed by atoms with E-state index in [0.29, 0.717) is 19.0 Å². The lowest BCUT2D eigenvalue weighted by atomic mass is 9.92. The molecule has 0 aromatic carbocycles. The molecule has 0 aliphatic carbocycles. The van der Waals surface area contributed by atoms with E-state index in [1.807, 2.05) is 32.4 Å². The van der Waals surface area contributed by atoms with Crippen LogP contribution in [-0.2, 0) is 17.8 Å². The molecular formula is C19H36IN7O. The van der Waals surface area contributed by atoms with Crippen LogP contribution in [0, 0.1) is 5.41 Å². The number of aryl methyl sites for hydroxylation is 1. The average Bonchev–Trinajstić information content (AvgIpc) is 3.04. The highest BCUT2D eigenvalue weighted by molar-refractivity contribution is 14.0. The van der Waals surface area contributed by atoms with Gasteiger partial charge in [0.2, 0.25) is 5.91 Å². The largest absolute Gasteiger partial charge is 0.357 e. The summed E-state index contributed by atoms with van der Waals surface area (Å²) in [6.45, 7) is 14.6. The molecule has 1 aliphatic heterocycles. The van der Waals surface area contributed by atoms with Crippen molar-refractivity contribution in [3.8, 4) is 0 Å². The van der Waals surface area contributed by atoms with E-state index in [4.69, 9.17) is 0 Å². The van der Waals surface area contributed by atoms with Crippen LogP contribution in [0.3, 0.4) is 0 Å². The number of aliphatic imine (C=N–C) groups is 1. The SMILES string of the molecule is CCNC(=O)C(C)(C)CN=C(NCC)NC1CCc2nc(C(C)C)nn2C1.I. The van der Waals surface area contributed by atoms with Crippen molar-refractivity contribution in [2.24, 2.45) is 10.4 Å². The minimum atomic E-state index is -0.545. The van der Waals surface area contributed by atoms with E-state index < -0.39 is 5.41 Å². The van der Waals surface area contributed by atoms with Crippen LogP contribution in [0.5, 0.6) is 0 Å². The predicted molar refractivity (Wildman–Crippen MR) is 123 cm³/mol. The molecule has 1 amide bonds. The lowest BCUT2D eigenvalue weighted by Gasteiger charge is -2.26. The Hall–Kier alpha value is -1.39. The van der Waals surface area contributed by atoms with Gasteiger partial charge in [-0.2, -0.15) is 5.10 Å². The fourth-order valence-electron chi connectivity index (χ4n) is 2.95. The smallest absolute Gasteiger partial charge is 0.227 e. The third-order valence-electron chi connectivity index (χ3n) is 4.66. The molecule has 2 heterocycles. The first-order valence-electron chi connectivity index (χ1n) is 10.0. The van der Waals surface area contributed by atoms with E-state index in [2.05, 4.69) is 44.9 Å². The van der Waals surface area contributed by atoms with Gasteiger partial charge >= 0.3 is 0 Å². The van der Waals surface area contributed by atoms with Crippen molar-refractivity contribution in [1.82, 2.24) is 30.7 Å². The standard InChI is InChI=1S/C19H35N7O.HI/c1-7-20-17(27)19(5,6)12-22-18(21-8-2)23-14-9-10-15-24-16(13(3)4)25-26(15)11-14;/h13-14H,7-12H2,1-6H3,(H,20,27)(H2,21,22,23);1H. The number of hydrogen-bond donors (Lipinski definition) is 3. The van der Waals surface area contributed by atoms with Crippen molar-refractivity contribution < 1.29 is 4.79 Å². The summed E-state index contributed by atoms with van der Waals surface area (Å²) in [6.07, 6.45) is 1.89. The van der Waals surface area contributed by atoms with Crippen LogP contribution >= 0.6 is 24.0 Å². The number of fused-ring (bicyclic) bond motifs is 1. The third-order valence-corrected chi connectivity index (χ3v) is 4.66. The molecule has 160 valence electrons. The molecule has 2 rings (SSSR count). The number of aromatic nitrogens is 3. The molecule has 8 nitrogen and oxygen atoms in total. The number of hydrogen-bond acceptors (Lipinski definition) is 4. The third kappa shape index (κ3) is 6.59. The molecule has 28 heavy (non-hydrogen) atoms. The summed E-state index contributed by atoms with van der Waals surface area (Å²) < 4.78 is 2.01. The molecule has 1 atom stereocenters. The van der Waals surface area contributed by atoms with E-state index in [0.717, 1.165) is 43.5 Å². The Balaban J connectivity index is 0.00000392. The van der Waals surface area contributed by atoms with Crippen molar-refractivity contribution in [3.63, 3.8) is 0 Å². The van der Waals surface area contributed by atoms with Crippen molar-refractivity contribution in [3.05, 3.63) is 11.6 Å². The molecule has 0 spiro atoms. The Labute approximate surface area is 185 Å². The van der Waals surface area contributed by atoms with Gasteiger partial charge in [0.1, 0.15) is 5.82 Å². The molecule has 0 saturated carbocycles. The van der Waals surface area contributed by atoms with Gasteiger partial charge in [-0.05, 0) is 34.1 Å². The van der Waals surface area contributed by atoms with E-state index in [1.54, 1.807) is 0 Å². The summed E-state index contributed by atoms with van der Waals surface area (Å²) in [5.41, 5.74) is -0.545. The molecule has 1 unspecified atom stereocenters. The normalized spacial score (nSPS) is 17.0. The maximum absolute atomic E-state index is 12.2. The summed E-state index contributed by atoms with van der Waals surface area (Å²) in [5.74, 6) is 3.08. The molecule has 1 aliphatic rings. The zero-order valence-corrected chi connectivity index (χ0v) is 20.3. The zero-order valence-electron chi connectivity index (χ0n) is 18.0. The van der Waals surface area contributed by atoms with E-state index in [9.17, 15) is 4.79 Å². The maximum atomic E-state index is 12.2. The second-order valence-electron chi connectivity index (χ2n) is 8.04. The van der Waals surface area contributed by atoms with Gasteiger partial charge in [0.25, 0.3) is 0 Å². The second-order valence-corrected chi connectivity index (χ2v) is 8.04. The topological polar surface area (TPSA) is 96.2 Å². The van der Waals surface area contributed by atoms with E-state index in [-0.39, 0.29) is 35.9 Å². The van der Waals surface area contributed by atoms with Crippen molar-refractivity contribution in [2.45, 2.75) is 72.9 Å². The molecule has 0 radical (unpaired) electrons. The van der Waals surface area contributed by atoms with Crippen LogP contribution < -0.4 is 16.0 Å². The predicted octanol–water partition coefficient (Wildman–Crippen LogP) is 2.05. The zero-order chi connectivity index (χ0) is 20.0. The van der Waals surface area contributed by atoms with Crippen LogP contribution in [0.4, 0.5) is 0 Å². The van der Waals surface area contributed by atoms with Gasteiger partial charge in [-0.15, -0.1) is 24.0 Å². The van der Waals surface area contributed by atoms with Gasteiger partial charge in [0, 0.05) is 31.5 Å². The number of carbonyl (C=O) groups is 1. The number of rotatable bonds is 7. The van der Waals surface area contributed by atoms with Gasteiger partial charge in [-0.25, -0.2) is 9.67 Å². The van der Waals surface area contributed by atoms with Crippen LogP contribution in [0.25, 0.3) is 0 Å². The monoisotopic (exact) mass is 505 g/mol. The Morgan fingerprint density at radius 1 is 1.29 bits per heavy atom. The molecular weight excluding hydrogens is 469 g/mol. The number of nitrogens with one attached hydrogen (secondary N) is 3. The number of guanidine groups is 1. The summed E-state index contributed by atoms with van der Waals surface area (Å²) in [6, 6.07) is 0.240. The first-order valence-corrected chi connectivity index (χ1v) is 10.0. The fraction of sp³-hybridized carbons (Fsp3) is 0.789. The van der Waals surface area contributed by atoms with Gasteiger partial charge in [0.05, 0.1) is 18.5 Å². The maximum Gasteiger partial charge on any atom is 0.227 e. The fourth-order valence-corrected chi connectivity index (χ4v) is 2.95. The molecule has 0 fully saturated rings. The number of carbonyl (C=O) groups excluding carboxylic acids is 1. The summed E-state index contributed by atoms with van der Waals surface area (Å²) >= 11 is 0. The molecule has 1 aromatic heterocycles. The molecule has 0 bridgehead atoms. The lowest BCUT2D eigenvalue weighted by Crippen LogP contribution is -2.48. The van der Waals surface area contributed by atoms with E-state index in [1.165, 1.54) is 0 Å². The Kier molecular flexibility index (Phi) is 9.65. The minimum absolute atomic E-state index is 0. The minimum Gasteiger partial charge on any atom is -0.357 e. The van der Waals surface area contributed by atoms with Gasteiger partial charge in [0.15, 0.2) is 11.8 Å². The first-order chi connectivity index (χ1) is 12.8. The lowest BCUT2D eigenvalue weighted by molar-refractivity contribution is -0.128. The Morgan fingerprint density at radius 2 is 1.96 bits per heavy atom. The summed E-state index contributed by atoms with van der Waals surface area (Å²) in [7, 11) is 0. The second kappa shape index (κ2) is 11.0. The van der Waals surface area contributed by atoms with Crippen molar-refractivity contribution >= 4 is 35.8 Å². The highest BCUT2D eigenvalue weighted by Crippen LogP contribution is 2.18. The average molecular weight is 505 g/mol. The molecule has 0 saturated heterocycles. The summed E-state index contributed by atoms with van der Waals surface area (Å²) in [4.78, 5) is 21.5. The quantitative estimate of drug-likeness (QED) is 0.300. The van der Waals surface area contributed by atoms with Crippen LogP contribution in [-0.4, -0.2) is 52.3 Å². The van der Waals surface area contributed by atoms with E-state index >= 15 is 0 Å². The van der Waals surface area contributed by atoms with Crippen molar-refractivity contribution in [1.29, 1.82) is 0 Å². The number of amides is 1. The Bertz CT molecular complexity index is 669. The van der Waals surface area contributed by atoms with Crippen LogP contribution in [0.15, 0.2) is 4.99 Å². The number of halogens is 1. The van der Waals surface area contributed by atoms with Gasteiger partial charge in [-0.3, -0.25) is 9.79 Å². The highest BCUT2D eigenvalue weighted by atomic mass is 127. The Morgan fingerprint density at radius 3 is 2.57 bits per heavy atom. The van der Waals surface area contributed by atoms with Crippen molar-refractivity contribution in [2.75, 3.05) is 19.6 Å². The van der Waals surface area contributed by atoms with Gasteiger partial charge < -0.3 is 16.0 Å². The first kappa shape index (κ1) is 24.6. The highest BCUT2D eigenvalue weighted by Gasteiger charge is 2.27. The molecule has 1 aromatic rings. The summed E-state index contributed by atoms with van der Waals surface area (Å²) in [5, 5.41) is 14.3. The van der Waals surface area contributed by atoms with Crippen LogP contribution in [0.1, 0.15) is 65.5 Å². The van der Waals surface area contributed by atoms with Crippen LogP contribution in [0.2, 0.25) is 0 Å². The van der Waals surface area contributed by atoms with Gasteiger partial charge in [-0.1, -0.05) is 13.8 Å². The molecule has 3 N–H and O–H groups in total.